The maximum absolute atomic E-state index is 11.0. The molecule has 0 aliphatic heterocycles. The molecule has 5 nitrogen and oxygen atoms in total. The van der Waals surface area contributed by atoms with Gasteiger partial charge >= 0.3 is 5.97 Å². The molecular formula is C11H11NO4. The second-order valence-electron chi connectivity index (χ2n) is 3.39. The zero-order chi connectivity index (χ0) is 11.7. The summed E-state index contributed by atoms with van der Waals surface area (Å²) >= 11 is 0. The van der Waals surface area contributed by atoms with Gasteiger partial charge in [0.1, 0.15) is 0 Å². The molecule has 0 amide bonds. The van der Waals surface area contributed by atoms with Crippen LogP contribution in [0, 0.1) is 0 Å². The van der Waals surface area contributed by atoms with E-state index in [2.05, 4.69) is 6.58 Å². The van der Waals surface area contributed by atoms with Crippen molar-refractivity contribution in [3.8, 4) is 11.8 Å². The monoisotopic (exact) mass is 221 g/mol. The maximum atomic E-state index is 11.0. The summed E-state index contributed by atoms with van der Waals surface area (Å²) in [6, 6.07) is 0. The number of hydrogen-bond acceptors (Lipinski definition) is 4. The molecule has 0 fully saturated rings. The van der Waals surface area contributed by atoms with Gasteiger partial charge < -0.3 is 15.1 Å². The lowest BCUT2D eigenvalue weighted by molar-refractivity contribution is -0.139. The van der Waals surface area contributed by atoms with Crippen molar-refractivity contribution >= 4 is 5.97 Å². The van der Waals surface area contributed by atoms with Gasteiger partial charge in [-0.15, -0.1) is 4.73 Å². The second kappa shape index (κ2) is 3.77. The van der Waals surface area contributed by atoms with E-state index in [1.807, 2.05) is 12.2 Å². The first-order valence-corrected chi connectivity index (χ1v) is 4.79. The highest BCUT2D eigenvalue weighted by Crippen LogP contribution is 2.35. The van der Waals surface area contributed by atoms with Crippen LogP contribution in [0.3, 0.4) is 0 Å². The van der Waals surface area contributed by atoms with Crippen molar-refractivity contribution in [2.75, 3.05) is 0 Å². The quantitative estimate of drug-likeness (QED) is 0.569. The van der Waals surface area contributed by atoms with Crippen LogP contribution in [0.5, 0.6) is 11.8 Å². The fourth-order valence-corrected chi connectivity index (χ4v) is 1.66. The standard InChI is InChI=1S/C11H11NO4/c1-2-9(13)16-12-10(14)7-5-3-4-6-8(7)11(12)15/h2-4,14-15H,1,5-6H2. The zero-order valence-corrected chi connectivity index (χ0v) is 8.51. The van der Waals surface area contributed by atoms with E-state index in [0.717, 1.165) is 10.8 Å². The average molecular weight is 221 g/mol. The third-order valence-corrected chi connectivity index (χ3v) is 2.45. The summed E-state index contributed by atoms with van der Waals surface area (Å²) in [5, 5.41) is 19.5. The van der Waals surface area contributed by atoms with Gasteiger partial charge in [-0.1, -0.05) is 18.7 Å². The lowest BCUT2D eigenvalue weighted by Crippen LogP contribution is -2.16. The minimum atomic E-state index is -0.745. The summed E-state index contributed by atoms with van der Waals surface area (Å²) in [5.41, 5.74) is 1.16. The van der Waals surface area contributed by atoms with Crippen LogP contribution < -0.4 is 4.84 Å². The number of carbonyl (C=O) groups excluding carboxylic acids is 1. The Balaban J connectivity index is 2.43. The van der Waals surface area contributed by atoms with Crippen molar-refractivity contribution in [3.05, 3.63) is 35.9 Å². The van der Waals surface area contributed by atoms with Crippen molar-refractivity contribution in [2.24, 2.45) is 0 Å². The predicted octanol–water partition coefficient (Wildman–Crippen LogP) is 0.695. The lowest BCUT2D eigenvalue weighted by Gasteiger charge is -2.04. The third kappa shape index (κ3) is 1.46. The van der Waals surface area contributed by atoms with Crippen molar-refractivity contribution in [3.63, 3.8) is 0 Å². The molecule has 2 rings (SSSR count). The SMILES string of the molecule is C=CC(=O)On1c(O)c2c(c1O)CC=CC2. The minimum absolute atomic E-state index is 0.243. The van der Waals surface area contributed by atoms with Gasteiger partial charge in [0.15, 0.2) is 0 Å². The summed E-state index contributed by atoms with van der Waals surface area (Å²) in [6.45, 7) is 3.23. The summed E-state index contributed by atoms with van der Waals surface area (Å²) in [4.78, 5) is 15.7. The number of hydrogen-bond donors (Lipinski definition) is 2. The van der Waals surface area contributed by atoms with E-state index >= 15 is 0 Å². The number of fused-ring (bicyclic) bond motifs is 1. The van der Waals surface area contributed by atoms with E-state index in [1.54, 1.807) is 0 Å². The molecule has 2 N–H and O–H groups in total. The Bertz CT molecular complexity index is 453. The molecule has 5 heteroatoms. The molecule has 1 aliphatic carbocycles. The predicted molar refractivity (Wildman–Crippen MR) is 56.1 cm³/mol. The van der Waals surface area contributed by atoms with E-state index in [0.29, 0.717) is 24.0 Å². The molecule has 0 bridgehead atoms. The first-order valence-electron chi connectivity index (χ1n) is 4.79. The number of allylic oxidation sites excluding steroid dienone is 2. The van der Waals surface area contributed by atoms with Crippen LogP contribution in [-0.2, 0) is 17.6 Å². The fourth-order valence-electron chi connectivity index (χ4n) is 1.66. The normalized spacial score (nSPS) is 13.2. The highest BCUT2D eigenvalue weighted by Gasteiger charge is 2.24. The number of aromatic hydroxyl groups is 2. The van der Waals surface area contributed by atoms with Gasteiger partial charge in [-0.05, 0) is 12.8 Å². The molecule has 1 aliphatic rings. The van der Waals surface area contributed by atoms with Crippen LogP contribution in [0.2, 0.25) is 0 Å². The Labute approximate surface area is 91.8 Å². The van der Waals surface area contributed by atoms with Crippen LogP contribution in [0.15, 0.2) is 24.8 Å². The topological polar surface area (TPSA) is 71.7 Å². The smallest absolute Gasteiger partial charge is 0.356 e. The van der Waals surface area contributed by atoms with Crippen LogP contribution in [0.1, 0.15) is 11.1 Å². The molecular weight excluding hydrogens is 210 g/mol. The third-order valence-electron chi connectivity index (χ3n) is 2.45. The molecule has 0 spiro atoms. The molecule has 0 saturated heterocycles. The lowest BCUT2D eigenvalue weighted by atomic mass is 10.0. The molecule has 84 valence electrons. The summed E-state index contributed by atoms with van der Waals surface area (Å²) in [6.07, 6.45) is 5.72. The number of rotatable bonds is 2. The van der Waals surface area contributed by atoms with Crippen LogP contribution >= 0.6 is 0 Å². The molecule has 0 aromatic carbocycles. The fraction of sp³-hybridized carbons (Fsp3) is 0.182. The van der Waals surface area contributed by atoms with Gasteiger partial charge in [-0.2, -0.15) is 0 Å². The van der Waals surface area contributed by atoms with E-state index in [9.17, 15) is 15.0 Å². The number of nitrogens with zero attached hydrogens (tertiary/aromatic N) is 1. The Hall–Kier alpha value is -2.17. The Morgan fingerprint density at radius 1 is 1.31 bits per heavy atom. The molecule has 1 aromatic rings. The van der Waals surface area contributed by atoms with Crippen molar-refractivity contribution in [1.82, 2.24) is 4.73 Å². The van der Waals surface area contributed by atoms with Crippen molar-refractivity contribution in [2.45, 2.75) is 12.8 Å². The highest BCUT2D eigenvalue weighted by atomic mass is 16.7. The van der Waals surface area contributed by atoms with Gasteiger partial charge in [-0.3, -0.25) is 0 Å². The number of carbonyl (C=O) groups is 1. The van der Waals surface area contributed by atoms with E-state index in [4.69, 9.17) is 4.84 Å². The summed E-state index contributed by atoms with van der Waals surface area (Å²) < 4.78 is 0.724. The molecule has 0 saturated carbocycles. The van der Waals surface area contributed by atoms with Crippen molar-refractivity contribution < 1.29 is 19.8 Å². The Kier molecular flexibility index (Phi) is 2.44. The van der Waals surface area contributed by atoms with Crippen LogP contribution in [0.25, 0.3) is 0 Å². The van der Waals surface area contributed by atoms with Gasteiger partial charge in [-0.25, -0.2) is 4.79 Å². The largest absolute Gasteiger partial charge is 0.492 e. The average Bonchev–Trinajstić information content (AvgIpc) is 2.55. The summed E-state index contributed by atoms with van der Waals surface area (Å²) in [5.74, 6) is -1.23. The Morgan fingerprint density at radius 2 is 1.81 bits per heavy atom. The van der Waals surface area contributed by atoms with Crippen molar-refractivity contribution in [1.29, 1.82) is 0 Å². The zero-order valence-electron chi connectivity index (χ0n) is 8.51. The van der Waals surface area contributed by atoms with Gasteiger partial charge in [0.2, 0.25) is 11.8 Å². The van der Waals surface area contributed by atoms with E-state index in [1.165, 1.54) is 0 Å². The van der Waals surface area contributed by atoms with Crippen LogP contribution in [-0.4, -0.2) is 20.9 Å². The molecule has 0 radical (unpaired) electrons. The van der Waals surface area contributed by atoms with Gasteiger partial charge in [0, 0.05) is 17.2 Å². The highest BCUT2D eigenvalue weighted by molar-refractivity contribution is 5.81. The first-order chi connectivity index (χ1) is 7.65. The summed E-state index contributed by atoms with van der Waals surface area (Å²) in [7, 11) is 0. The maximum Gasteiger partial charge on any atom is 0.356 e. The Morgan fingerprint density at radius 3 is 2.25 bits per heavy atom. The second-order valence-corrected chi connectivity index (χ2v) is 3.39. The molecule has 16 heavy (non-hydrogen) atoms. The van der Waals surface area contributed by atoms with Crippen LogP contribution in [0.4, 0.5) is 0 Å². The molecule has 0 unspecified atom stereocenters. The molecule has 1 aromatic heterocycles. The molecule has 0 atom stereocenters. The minimum Gasteiger partial charge on any atom is -0.492 e. The van der Waals surface area contributed by atoms with Gasteiger partial charge in [0.25, 0.3) is 0 Å². The first kappa shape index (κ1) is 10.4. The van der Waals surface area contributed by atoms with E-state index < -0.39 is 5.97 Å². The number of aromatic nitrogens is 1. The molecule has 1 heterocycles. The van der Waals surface area contributed by atoms with E-state index in [-0.39, 0.29) is 11.8 Å². The van der Waals surface area contributed by atoms with Gasteiger partial charge in [0.05, 0.1) is 0 Å².